The maximum Gasteiger partial charge on any atom is 0.486 e. The third-order valence-corrected chi connectivity index (χ3v) is 3.83. The van der Waals surface area contributed by atoms with Crippen LogP contribution in [0.1, 0.15) is 13.3 Å². The summed E-state index contributed by atoms with van der Waals surface area (Å²) >= 11 is 1.22. The van der Waals surface area contributed by atoms with Gasteiger partial charge in [-0.15, -0.1) is 0 Å². The van der Waals surface area contributed by atoms with E-state index < -0.39 is 24.7 Å². The van der Waals surface area contributed by atoms with Crippen LogP contribution in [0.2, 0.25) is 5.31 Å². The van der Waals surface area contributed by atoms with E-state index in [1.54, 1.807) is 6.92 Å². The van der Waals surface area contributed by atoms with Crippen molar-refractivity contribution in [3.63, 3.8) is 0 Å². The second-order valence-electron chi connectivity index (χ2n) is 3.41. The number of hydrogen-bond acceptors (Lipinski definition) is 3. The van der Waals surface area contributed by atoms with Gasteiger partial charge < -0.3 is 17.7 Å². The molecular weight excluding hydrogens is 216 g/mol. The van der Waals surface area contributed by atoms with Crippen molar-refractivity contribution in [2.75, 3.05) is 18.1 Å². The zero-order valence-corrected chi connectivity index (χ0v) is 8.58. The van der Waals surface area contributed by atoms with E-state index in [4.69, 9.17) is 0 Å². The molecule has 1 rings (SSSR count). The number of ether oxygens (including phenoxy) is 1. The minimum Gasteiger partial charge on any atom is -0.466 e. The highest BCUT2D eigenvalue weighted by Gasteiger charge is 2.55. The first-order chi connectivity index (χ1) is 6.41. The number of carbonyl (C=O) groups is 1. The minimum atomic E-state index is -4.95. The van der Waals surface area contributed by atoms with Crippen LogP contribution < -0.4 is 0 Å². The molecule has 0 aromatic carbocycles. The van der Waals surface area contributed by atoms with Crippen molar-refractivity contribution in [3.05, 3.63) is 0 Å². The van der Waals surface area contributed by atoms with Gasteiger partial charge in [-0.3, -0.25) is 4.79 Å². The van der Waals surface area contributed by atoms with Crippen LogP contribution in [-0.4, -0.2) is 31.1 Å². The molecule has 82 valence electrons. The maximum atomic E-state index is 12.6. The fourth-order valence-corrected chi connectivity index (χ4v) is 2.58. The second kappa shape index (κ2) is 4.04. The van der Waals surface area contributed by atoms with Crippen LogP contribution in [0.5, 0.6) is 0 Å². The van der Waals surface area contributed by atoms with E-state index in [1.807, 2.05) is 0 Å². The maximum absolute atomic E-state index is 12.6. The van der Waals surface area contributed by atoms with Crippen molar-refractivity contribution >= 4 is 24.7 Å². The Hall–Kier alpha value is -0.325. The van der Waals surface area contributed by atoms with Gasteiger partial charge in [-0.25, -0.2) is 0 Å². The minimum absolute atomic E-state index is 0.00465. The molecule has 0 aliphatic carbocycles. The van der Waals surface area contributed by atoms with E-state index in [1.165, 1.54) is 11.8 Å². The number of esters is 1. The normalized spacial score (nSPS) is 20.0. The van der Waals surface area contributed by atoms with Crippen molar-refractivity contribution in [1.29, 1.82) is 0 Å². The lowest BCUT2D eigenvalue weighted by Gasteiger charge is -2.47. The topological polar surface area (TPSA) is 26.3 Å². The molecule has 0 aromatic heterocycles. The predicted octanol–water partition coefficient (Wildman–Crippen LogP) is 2.27. The molecule has 0 saturated carbocycles. The molecule has 0 radical (unpaired) electrons. The summed E-state index contributed by atoms with van der Waals surface area (Å²) < 4.78 is 42.3. The SMILES string of the molecule is CCOC(=O)CC1([B-](F)(F)F)CSC1. The van der Waals surface area contributed by atoms with Crippen LogP contribution in [0, 0.1) is 0 Å². The Kier molecular flexibility index (Phi) is 3.39. The van der Waals surface area contributed by atoms with Crippen LogP contribution in [0.15, 0.2) is 0 Å². The molecule has 0 atom stereocenters. The Bertz CT molecular complexity index is 227. The molecule has 0 aromatic rings. The molecule has 0 spiro atoms. The van der Waals surface area contributed by atoms with E-state index in [0.717, 1.165) is 0 Å². The lowest BCUT2D eigenvalue weighted by molar-refractivity contribution is -0.144. The van der Waals surface area contributed by atoms with Crippen LogP contribution >= 0.6 is 11.8 Å². The average Bonchev–Trinajstić information content (AvgIpc) is 1.94. The lowest BCUT2D eigenvalue weighted by atomic mass is 9.57. The summed E-state index contributed by atoms with van der Waals surface area (Å²) in [5, 5.41) is -1.77. The standard InChI is InChI=1S/C7H11BF3O2S/c1-2-13-6(12)3-7(4-14-5-7)8(9,10)11/h2-5H2,1H3/q-1. The predicted molar refractivity (Wildman–Crippen MR) is 50.3 cm³/mol. The van der Waals surface area contributed by atoms with E-state index in [9.17, 15) is 17.7 Å². The van der Waals surface area contributed by atoms with Gasteiger partial charge in [0.15, 0.2) is 0 Å². The zero-order valence-electron chi connectivity index (χ0n) is 7.76. The van der Waals surface area contributed by atoms with E-state index in [-0.39, 0.29) is 18.1 Å². The first-order valence-corrected chi connectivity index (χ1v) is 5.49. The summed E-state index contributed by atoms with van der Waals surface area (Å²) in [6, 6.07) is 0. The van der Waals surface area contributed by atoms with Crippen LogP contribution in [0.25, 0.3) is 0 Å². The Morgan fingerprint density at radius 2 is 2.07 bits per heavy atom. The van der Waals surface area contributed by atoms with Gasteiger partial charge in [0.1, 0.15) is 0 Å². The van der Waals surface area contributed by atoms with Gasteiger partial charge in [-0.05, 0) is 23.7 Å². The Morgan fingerprint density at radius 1 is 1.50 bits per heavy atom. The number of thioether (sulfide) groups is 1. The average molecular weight is 227 g/mol. The fourth-order valence-electron chi connectivity index (χ4n) is 1.27. The number of rotatable bonds is 4. The number of halogens is 3. The highest BCUT2D eigenvalue weighted by Crippen LogP contribution is 2.56. The van der Waals surface area contributed by atoms with Crippen molar-refractivity contribution in [2.45, 2.75) is 18.7 Å². The number of carbonyl (C=O) groups excluding carboxylic acids is 1. The van der Waals surface area contributed by atoms with Gasteiger partial charge >= 0.3 is 12.9 Å². The largest absolute Gasteiger partial charge is 0.486 e. The van der Waals surface area contributed by atoms with Crippen molar-refractivity contribution < 1.29 is 22.5 Å². The monoisotopic (exact) mass is 227 g/mol. The van der Waals surface area contributed by atoms with E-state index in [0.29, 0.717) is 0 Å². The Morgan fingerprint density at radius 3 is 2.36 bits per heavy atom. The van der Waals surface area contributed by atoms with Crippen molar-refractivity contribution in [2.24, 2.45) is 0 Å². The van der Waals surface area contributed by atoms with Crippen molar-refractivity contribution in [1.82, 2.24) is 0 Å². The third-order valence-electron chi connectivity index (χ3n) is 2.28. The molecule has 0 amide bonds. The second-order valence-corrected chi connectivity index (χ2v) is 4.40. The summed E-state index contributed by atoms with van der Waals surface area (Å²) in [7, 11) is 0. The highest BCUT2D eigenvalue weighted by atomic mass is 32.2. The first kappa shape index (κ1) is 11.7. The highest BCUT2D eigenvalue weighted by molar-refractivity contribution is 8.01. The summed E-state index contributed by atoms with van der Waals surface area (Å²) in [4.78, 5) is 11.0. The molecule has 1 heterocycles. The fraction of sp³-hybridized carbons (Fsp3) is 0.857. The molecule has 14 heavy (non-hydrogen) atoms. The van der Waals surface area contributed by atoms with Crippen LogP contribution in [0.3, 0.4) is 0 Å². The van der Waals surface area contributed by atoms with Crippen molar-refractivity contribution in [3.8, 4) is 0 Å². The Balaban J connectivity index is 2.59. The third kappa shape index (κ3) is 2.19. The summed E-state index contributed by atoms with van der Waals surface area (Å²) in [6.07, 6.45) is -0.517. The first-order valence-electron chi connectivity index (χ1n) is 4.34. The van der Waals surface area contributed by atoms with Gasteiger partial charge in [0.05, 0.1) is 6.61 Å². The summed E-state index contributed by atoms with van der Waals surface area (Å²) in [5.41, 5.74) is 0. The lowest BCUT2D eigenvalue weighted by Crippen LogP contribution is -2.47. The zero-order chi connectivity index (χ0) is 10.8. The molecule has 1 fully saturated rings. The Labute approximate surface area is 84.6 Å². The van der Waals surface area contributed by atoms with Gasteiger partial charge in [-0.1, -0.05) is 0 Å². The van der Waals surface area contributed by atoms with Gasteiger partial charge in [-0.2, -0.15) is 11.8 Å². The molecule has 1 aliphatic heterocycles. The molecule has 1 aliphatic rings. The molecule has 2 nitrogen and oxygen atoms in total. The summed E-state index contributed by atoms with van der Waals surface area (Å²) in [6.45, 7) is -3.23. The van der Waals surface area contributed by atoms with Crippen LogP contribution in [0.4, 0.5) is 12.9 Å². The molecule has 0 N–H and O–H groups in total. The quantitative estimate of drug-likeness (QED) is 0.544. The van der Waals surface area contributed by atoms with E-state index in [2.05, 4.69) is 4.74 Å². The smallest absolute Gasteiger partial charge is 0.466 e. The van der Waals surface area contributed by atoms with Gasteiger partial charge in [0, 0.05) is 6.42 Å². The molecule has 0 unspecified atom stereocenters. The van der Waals surface area contributed by atoms with Gasteiger partial charge in [0.2, 0.25) is 0 Å². The molecular formula is C7H11BF3O2S-. The van der Waals surface area contributed by atoms with Gasteiger partial charge in [0.25, 0.3) is 0 Å². The molecule has 0 bridgehead atoms. The van der Waals surface area contributed by atoms with Crippen LogP contribution in [-0.2, 0) is 9.53 Å². The molecule has 7 heteroatoms. The number of hydrogen-bond donors (Lipinski definition) is 0. The van der Waals surface area contributed by atoms with E-state index >= 15 is 0 Å². The summed E-state index contributed by atoms with van der Waals surface area (Å²) in [5.74, 6) is -0.753. The molecule has 1 saturated heterocycles.